The summed E-state index contributed by atoms with van der Waals surface area (Å²) in [5, 5.41) is 3.55. The van der Waals surface area contributed by atoms with Crippen molar-refractivity contribution in [2.24, 2.45) is 0 Å². The van der Waals surface area contributed by atoms with Crippen LogP contribution >= 0.6 is 0 Å². The van der Waals surface area contributed by atoms with Gasteiger partial charge >= 0.3 is 0 Å². The maximum Gasteiger partial charge on any atom is 0.0518 e. The molecule has 3 nitrogen and oxygen atoms in total. The number of hydrogen-bond acceptors (Lipinski definition) is 3. The van der Waals surface area contributed by atoms with Crippen LogP contribution in [0, 0.1) is 20.8 Å². The first-order chi connectivity index (χ1) is 8.91. The molecule has 0 aliphatic carbocycles. The topological polar surface area (TPSA) is 34.1 Å². The molecule has 0 aliphatic heterocycles. The predicted octanol–water partition coefficient (Wildman–Crippen LogP) is 3.47. The zero-order valence-corrected chi connectivity index (χ0v) is 13.2. The third kappa shape index (κ3) is 5.29. The third-order valence-electron chi connectivity index (χ3n) is 3.24. The van der Waals surface area contributed by atoms with Gasteiger partial charge in [0.15, 0.2) is 0 Å². The van der Waals surface area contributed by atoms with Crippen LogP contribution in [0.5, 0.6) is 0 Å². The van der Waals surface area contributed by atoms with E-state index in [2.05, 4.69) is 51.0 Å². The van der Waals surface area contributed by atoms with E-state index in [-0.39, 0.29) is 0 Å². The van der Waals surface area contributed by atoms with Crippen molar-refractivity contribution >= 4 is 0 Å². The maximum absolute atomic E-state index is 5.54. The van der Waals surface area contributed by atoms with E-state index in [0.29, 0.717) is 12.1 Å². The van der Waals surface area contributed by atoms with E-state index < -0.39 is 0 Å². The minimum absolute atomic E-state index is 0.322. The van der Waals surface area contributed by atoms with Gasteiger partial charge in [-0.1, -0.05) is 0 Å². The monoisotopic (exact) mass is 264 g/mol. The zero-order chi connectivity index (χ0) is 14.4. The zero-order valence-electron chi connectivity index (χ0n) is 13.2. The van der Waals surface area contributed by atoms with Gasteiger partial charge in [0.25, 0.3) is 0 Å². The Hall–Kier alpha value is -0.930. The first kappa shape index (κ1) is 16.1. The molecule has 19 heavy (non-hydrogen) atoms. The van der Waals surface area contributed by atoms with Crippen LogP contribution in [0.25, 0.3) is 0 Å². The van der Waals surface area contributed by atoms with E-state index in [4.69, 9.17) is 4.74 Å². The van der Waals surface area contributed by atoms with Crippen molar-refractivity contribution in [3.05, 3.63) is 28.6 Å². The van der Waals surface area contributed by atoms with Crippen molar-refractivity contribution in [3.63, 3.8) is 0 Å². The molecule has 1 unspecified atom stereocenters. The minimum atomic E-state index is 0.322. The Morgan fingerprint density at radius 1 is 1.21 bits per heavy atom. The van der Waals surface area contributed by atoms with Crippen molar-refractivity contribution < 1.29 is 4.74 Å². The van der Waals surface area contributed by atoms with Gasteiger partial charge < -0.3 is 10.1 Å². The standard InChI is InChI=1S/C16H28N2O/c1-11(2)19-9-7-8-17-14(5)16-12(3)10-13(4)18-15(16)6/h10-11,14,17H,7-9H2,1-6H3. The van der Waals surface area contributed by atoms with Crippen LogP contribution in [-0.2, 0) is 4.74 Å². The summed E-state index contributed by atoms with van der Waals surface area (Å²) in [7, 11) is 0. The lowest BCUT2D eigenvalue weighted by atomic mass is 10.0. The highest BCUT2D eigenvalue weighted by molar-refractivity contribution is 5.33. The second-order valence-electron chi connectivity index (χ2n) is 5.53. The van der Waals surface area contributed by atoms with Gasteiger partial charge in [-0.3, -0.25) is 4.98 Å². The van der Waals surface area contributed by atoms with Crippen LogP contribution in [0.3, 0.4) is 0 Å². The number of nitrogens with zero attached hydrogens (tertiary/aromatic N) is 1. The number of pyridine rings is 1. The van der Waals surface area contributed by atoms with Crippen molar-refractivity contribution in [1.82, 2.24) is 10.3 Å². The minimum Gasteiger partial charge on any atom is -0.379 e. The fraction of sp³-hybridized carbons (Fsp3) is 0.688. The lowest BCUT2D eigenvalue weighted by Crippen LogP contribution is -2.23. The highest BCUT2D eigenvalue weighted by Crippen LogP contribution is 2.20. The second-order valence-corrected chi connectivity index (χ2v) is 5.53. The number of aryl methyl sites for hydroxylation is 3. The van der Waals surface area contributed by atoms with Gasteiger partial charge in [0.2, 0.25) is 0 Å². The van der Waals surface area contributed by atoms with Crippen LogP contribution < -0.4 is 5.32 Å². The van der Waals surface area contributed by atoms with Gasteiger partial charge in [-0.05, 0) is 71.7 Å². The summed E-state index contributed by atoms with van der Waals surface area (Å²) >= 11 is 0. The lowest BCUT2D eigenvalue weighted by Gasteiger charge is -2.19. The van der Waals surface area contributed by atoms with Crippen LogP contribution in [-0.4, -0.2) is 24.2 Å². The molecule has 1 aromatic rings. The molecule has 0 bridgehead atoms. The average Bonchev–Trinajstić information content (AvgIpc) is 2.26. The van der Waals surface area contributed by atoms with Crippen LogP contribution in [0.2, 0.25) is 0 Å². The summed E-state index contributed by atoms with van der Waals surface area (Å²) in [4.78, 5) is 4.56. The summed E-state index contributed by atoms with van der Waals surface area (Å²) in [6.07, 6.45) is 1.36. The Balaban J connectivity index is 2.48. The molecule has 1 heterocycles. The fourth-order valence-electron chi connectivity index (χ4n) is 2.50. The molecule has 0 aliphatic rings. The number of nitrogens with one attached hydrogen (secondary N) is 1. The molecule has 1 atom stereocenters. The summed E-state index contributed by atoms with van der Waals surface area (Å²) in [6.45, 7) is 14.4. The van der Waals surface area contributed by atoms with Crippen LogP contribution in [0.4, 0.5) is 0 Å². The highest BCUT2D eigenvalue weighted by Gasteiger charge is 2.12. The van der Waals surface area contributed by atoms with Gasteiger partial charge in [0.05, 0.1) is 6.10 Å². The molecule has 0 saturated heterocycles. The molecule has 1 rings (SSSR count). The molecule has 0 amide bonds. The van der Waals surface area contributed by atoms with E-state index in [1.807, 2.05) is 6.92 Å². The van der Waals surface area contributed by atoms with E-state index >= 15 is 0 Å². The van der Waals surface area contributed by atoms with Crippen molar-refractivity contribution in [3.8, 4) is 0 Å². The number of hydrogen-bond donors (Lipinski definition) is 1. The van der Waals surface area contributed by atoms with Crippen LogP contribution in [0.15, 0.2) is 6.07 Å². The van der Waals surface area contributed by atoms with Gasteiger partial charge in [-0.15, -0.1) is 0 Å². The van der Waals surface area contributed by atoms with E-state index in [1.165, 1.54) is 11.1 Å². The maximum atomic E-state index is 5.54. The van der Waals surface area contributed by atoms with E-state index in [1.54, 1.807) is 0 Å². The molecular weight excluding hydrogens is 236 g/mol. The van der Waals surface area contributed by atoms with E-state index in [9.17, 15) is 0 Å². The Morgan fingerprint density at radius 3 is 2.47 bits per heavy atom. The summed E-state index contributed by atoms with van der Waals surface area (Å²) < 4.78 is 5.54. The predicted molar refractivity (Wildman–Crippen MR) is 80.6 cm³/mol. The largest absolute Gasteiger partial charge is 0.379 e. The Morgan fingerprint density at radius 2 is 1.89 bits per heavy atom. The third-order valence-corrected chi connectivity index (χ3v) is 3.24. The van der Waals surface area contributed by atoms with Crippen molar-refractivity contribution in [2.75, 3.05) is 13.2 Å². The molecule has 1 aromatic heterocycles. The summed E-state index contributed by atoms with van der Waals surface area (Å²) in [5.41, 5.74) is 4.88. The van der Waals surface area contributed by atoms with Gasteiger partial charge in [0.1, 0.15) is 0 Å². The summed E-state index contributed by atoms with van der Waals surface area (Å²) in [6, 6.07) is 2.50. The van der Waals surface area contributed by atoms with Gasteiger partial charge in [-0.25, -0.2) is 0 Å². The first-order valence-electron chi connectivity index (χ1n) is 7.21. The smallest absolute Gasteiger partial charge is 0.0518 e. The Kier molecular flexibility index (Phi) is 6.46. The normalized spacial score (nSPS) is 13.0. The molecule has 0 saturated carbocycles. The molecule has 1 N–H and O–H groups in total. The van der Waals surface area contributed by atoms with Crippen LogP contribution in [0.1, 0.15) is 55.7 Å². The molecule has 108 valence electrons. The first-order valence-corrected chi connectivity index (χ1v) is 7.21. The van der Waals surface area contributed by atoms with E-state index in [0.717, 1.165) is 31.0 Å². The van der Waals surface area contributed by atoms with Crippen molar-refractivity contribution in [2.45, 2.75) is 60.1 Å². The quantitative estimate of drug-likeness (QED) is 0.766. The second kappa shape index (κ2) is 7.61. The molecular formula is C16H28N2O. The molecule has 0 fully saturated rings. The molecule has 3 heteroatoms. The number of rotatable bonds is 7. The average molecular weight is 264 g/mol. The molecule has 0 spiro atoms. The molecule has 0 aromatic carbocycles. The SMILES string of the molecule is Cc1cc(C)c(C(C)NCCCOC(C)C)c(C)n1. The van der Waals surface area contributed by atoms with Crippen molar-refractivity contribution in [1.29, 1.82) is 0 Å². The fourth-order valence-corrected chi connectivity index (χ4v) is 2.50. The summed E-state index contributed by atoms with van der Waals surface area (Å²) in [5.74, 6) is 0. The van der Waals surface area contributed by atoms with Gasteiger partial charge in [0, 0.05) is 24.0 Å². The molecule has 0 radical (unpaired) electrons. The Labute approximate surface area is 117 Å². The number of ether oxygens (including phenoxy) is 1. The van der Waals surface area contributed by atoms with Gasteiger partial charge in [-0.2, -0.15) is 0 Å². The Bertz CT molecular complexity index is 379. The lowest BCUT2D eigenvalue weighted by molar-refractivity contribution is 0.0768. The highest BCUT2D eigenvalue weighted by atomic mass is 16.5. The number of aromatic nitrogens is 1.